The molecule has 0 aromatic heterocycles. The topological polar surface area (TPSA) is 17.1 Å². The molecule has 0 aromatic rings. The Bertz CT molecular complexity index is 282. The highest BCUT2D eigenvalue weighted by molar-refractivity contribution is 5.95. The third-order valence-electron chi connectivity index (χ3n) is 2.81. The van der Waals surface area contributed by atoms with Gasteiger partial charge in [0.25, 0.3) is 0 Å². The molecule has 0 rings (SSSR count). The molecule has 1 heteroatoms. The van der Waals surface area contributed by atoms with Crippen molar-refractivity contribution in [1.82, 2.24) is 0 Å². The predicted octanol–water partition coefficient (Wildman–Crippen LogP) is 4.76. The second-order valence-electron chi connectivity index (χ2n) is 6.66. The number of allylic oxidation sites excluding steroid dienone is 2. The largest absolute Gasteiger partial charge is 0.295 e. The summed E-state index contributed by atoms with van der Waals surface area (Å²) in [6.45, 7) is 16.9. The number of carbonyl (C=O) groups is 1. The summed E-state index contributed by atoms with van der Waals surface area (Å²) in [6.07, 6.45) is 2.12. The van der Waals surface area contributed by atoms with Gasteiger partial charge >= 0.3 is 0 Å². The van der Waals surface area contributed by atoms with E-state index in [2.05, 4.69) is 48.5 Å². The maximum absolute atomic E-state index is 11.9. The number of rotatable bonds is 3. The minimum Gasteiger partial charge on any atom is -0.295 e. The van der Waals surface area contributed by atoms with Crippen LogP contribution in [0.5, 0.6) is 0 Å². The Morgan fingerprint density at radius 1 is 0.938 bits per heavy atom. The van der Waals surface area contributed by atoms with Gasteiger partial charge in [-0.1, -0.05) is 60.5 Å². The molecule has 0 saturated heterocycles. The van der Waals surface area contributed by atoms with Crippen molar-refractivity contribution in [2.75, 3.05) is 0 Å². The SMILES string of the molecule is CCC/C(=C(\C(C)=O)C(C)(C)C)C(C)(C)C. The number of ketones is 1. The zero-order valence-corrected chi connectivity index (χ0v) is 12.3. The average molecular weight is 224 g/mol. The molecule has 0 saturated carbocycles. The minimum atomic E-state index is -0.0520. The van der Waals surface area contributed by atoms with Gasteiger partial charge in [-0.3, -0.25) is 4.79 Å². The van der Waals surface area contributed by atoms with Crippen molar-refractivity contribution in [3.8, 4) is 0 Å². The maximum atomic E-state index is 11.9. The molecule has 0 heterocycles. The lowest BCUT2D eigenvalue weighted by Crippen LogP contribution is -2.24. The van der Waals surface area contributed by atoms with Crippen LogP contribution in [0.4, 0.5) is 0 Å². The Morgan fingerprint density at radius 2 is 1.38 bits per heavy atom. The molecule has 0 spiro atoms. The number of hydrogen-bond donors (Lipinski definition) is 0. The Labute approximate surface area is 101 Å². The van der Waals surface area contributed by atoms with Crippen LogP contribution in [-0.2, 0) is 4.79 Å². The summed E-state index contributed by atoms with van der Waals surface area (Å²) in [7, 11) is 0. The summed E-state index contributed by atoms with van der Waals surface area (Å²) < 4.78 is 0. The summed E-state index contributed by atoms with van der Waals surface area (Å²) in [6, 6.07) is 0. The fourth-order valence-corrected chi connectivity index (χ4v) is 2.32. The normalized spacial score (nSPS) is 14.8. The number of Topliss-reactive ketones (excluding diaryl/α,β-unsaturated/α-hetero) is 1. The Hall–Kier alpha value is -0.590. The molecule has 0 N–H and O–H groups in total. The zero-order chi connectivity index (χ0) is 13.1. The first-order valence-corrected chi connectivity index (χ1v) is 6.26. The van der Waals surface area contributed by atoms with E-state index in [9.17, 15) is 4.79 Å². The lowest BCUT2D eigenvalue weighted by molar-refractivity contribution is -0.114. The first-order chi connectivity index (χ1) is 7.01. The lowest BCUT2D eigenvalue weighted by atomic mass is 9.72. The molecule has 16 heavy (non-hydrogen) atoms. The second-order valence-corrected chi connectivity index (χ2v) is 6.66. The van der Waals surface area contributed by atoms with Gasteiger partial charge in [-0.15, -0.1) is 0 Å². The van der Waals surface area contributed by atoms with E-state index < -0.39 is 0 Å². The first-order valence-electron chi connectivity index (χ1n) is 6.26. The summed E-state index contributed by atoms with van der Waals surface area (Å²) >= 11 is 0. The number of hydrogen-bond acceptors (Lipinski definition) is 1. The smallest absolute Gasteiger partial charge is 0.156 e. The minimum absolute atomic E-state index is 0.0520. The van der Waals surface area contributed by atoms with E-state index in [0.717, 1.165) is 18.4 Å². The van der Waals surface area contributed by atoms with Gasteiger partial charge in [0.15, 0.2) is 5.78 Å². The van der Waals surface area contributed by atoms with E-state index >= 15 is 0 Å². The first kappa shape index (κ1) is 15.4. The molecule has 0 aliphatic rings. The summed E-state index contributed by atoms with van der Waals surface area (Å²) in [5.74, 6) is 0.228. The van der Waals surface area contributed by atoms with Gasteiger partial charge in [0.1, 0.15) is 0 Å². The van der Waals surface area contributed by atoms with E-state index in [4.69, 9.17) is 0 Å². The molecular formula is C15H28O. The van der Waals surface area contributed by atoms with Gasteiger partial charge in [0.2, 0.25) is 0 Å². The third kappa shape index (κ3) is 4.11. The Kier molecular flexibility index (Phi) is 4.97. The Balaban J connectivity index is 5.75. The van der Waals surface area contributed by atoms with E-state index in [1.54, 1.807) is 6.92 Å². The summed E-state index contributed by atoms with van der Waals surface area (Å²) in [5, 5.41) is 0. The van der Waals surface area contributed by atoms with Gasteiger partial charge in [-0.25, -0.2) is 0 Å². The van der Waals surface area contributed by atoms with Crippen molar-refractivity contribution in [2.24, 2.45) is 10.8 Å². The molecule has 0 aromatic carbocycles. The van der Waals surface area contributed by atoms with Gasteiger partial charge in [-0.2, -0.15) is 0 Å². The monoisotopic (exact) mass is 224 g/mol. The van der Waals surface area contributed by atoms with E-state index in [0.29, 0.717) is 0 Å². The quantitative estimate of drug-likeness (QED) is 0.631. The van der Waals surface area contributed by atoms with Crippen LogP contribution in [0, 0.1) is 10.8 Å². The maximum Gasteiger partial charge on any atom is 0.156 e. The zero-order valence-electron chi connectivity index (χ0n) is 12.3. The summed E-state index contributed by atoms with van der Waals surface area (Å²) in [4.78, 5) is 11.9. The van der Waals surface area contributed by atoms with Crippen molar-refractivity contribution in [2.45, 2.75) is 68.2 Å². The molecule has 1 nitrogen and oxygen atoms in total. The van der Waals surface area contributed by atoms with Gasteiger partial charge < -0.3 is 0 Å². The van der Waals surface area contributed by atoms with Crippen molar-refractivity contribution in [3.05, 3.63) is 11.1 Å². The van der Waals surface area contributed by atoms with Crippen LogP contribution < -0.4 is 0 Å². The molecule has 94 valence electrons. The molecule has 0 aliphatic heterocycles. The average Bonchev–Trinajstić information content (AvgIpc) is 1.98. The molecular weight excluding hydrogens is 196 g/mol. The van der Waals surface area contributed by atoms with Crippen molar-refractivity contribution >= 4 is 5.78 Å². The highest BCUT2D eigenvalue weighted by Gasteiger charge is 2.29. The molecule has 0 bridgehead atoms. The van der Waals surface area contributed by atoms with Gasteiger partial charge in [0, 0.05) is 0 Å². The van der Waals surface area contributed by atoms with Crippen LogP contribution in [0.15, 0.2) is 11.1 Å². The molecule has 0 unspecified atom stereocenters. The predicted molar refractivity (Wildman–Crippen MR) is 71.5 cm³/mol. The van der Waals surface area contributed by atoms with E-state index in [1.807, 2.05) is 0 Å². The fourth-order valence-electron chi connectivity index (χ4n) is 2.32. The van der Waals surface area contributed by atoms with E-state index in [1.165, 1.54) is 5.57 Å². The van der Waals surface area contributed by atoms with Crippen molar-refractivity contribution < 1.29 is 4.79 Å². The highest BCUT2D eigenvalue weighted by Crippen LogP contribution is 2.39. The Morgan fingerprint density at radius 3 is 1.56 bits per heavy atom. The van der Waals surface area contributed by atoms with Crippen molar-refractivity contribution in [3.63, 3.8) is 0 Å². The van der Waals surface area contributed by atoms with Crippen molar-refractivity contribution in [1.29, 1.82) is 0 Å². The second kappa shape index (κ2) is 5.16. The van der Waals surface area contributed by atoms with Crippen LogP contribution in [-0.4, -0.2) is 5.78 Å². The highest BCUT2D eigenvalue weighted by atomic mass is 16.1. The molecule has 0 radical (unpaired) electrons. The van der Waals surface area contributed by atoms with E-state index in [-0.39, 0.29) is 16.6 Å². The van der Waals surface area contributed by atoms with Gasteiger partial charge in [0.05, 0.1) is 0 Å². The lowest BCUT2D eigenvalue weighted by Gasteiger charge is -2.32. The molecule has 0 fully saturated rings. The molecule has 0 amide bonds. The van der Waals surface area contributed by atoms with Crippen LogP contribution in [0.3, 0.4) is 0 Å². The third-order valence-corrected chi connectivity index (χ3v) is 2.81. The van der Waals surface area contributed by atoms with Gasteiger partial charge in [-0.05, 0) is 29.7 Å². The number of carbonyl (C=O) groups excluding carboxylic acids is 1. The standard InChI is InChI=1S/C15H28O/c1-9-10-12(14(3,4)5)13(11(2)16)15(6,7)8/h9-10H2,1-8H3/b13-12-. The fraction of sp³-hybridized carbons (Fsp3) is 0.800. The molecule has 0 atom stereocenters. The van der Waals surface area contributed by atoms with Crippen LogP contribution >= 0.6 is 0 Å². The van der Waals surface area contributed by atoms with Crippen LogP contribution in [0.1, 0.15) is 68.2 Å². The van der Waals surface area contributed by atoms with Crippen LogP contribution in [0.2, 0.25) is 0 Å². The van der Waals surface area contributed by atoms with Crippen LogP contribution in [0.25, 0.3) is 0 Å². The molecule has 0 aliphatic carbocycles. The summed E-state index contributed by atoms with van der Waals surface area (Å²) in [5.41, 5.74) is 2.39.